The number of halogens is 1. The van der Waals surface area contributed by atoms with Crippen LogP contribution in [0.15, 0.2) is 133 Å². The molecule has 0 bridgehead atoms. The number of hydrogen-bond donors (Lipinski definition) is 0. The molecule has 4 heteroatoms. The number of benzene rings is 5. The normalized spacial score (nSPS) is 10.8. The second kappa shape index (κ2) is 10.2. The van der Waals surface area contributed by atoms with Gasteiger partial charge in [-0.1, -0.05) is 127 Å². The van der Waals surface area contributed by atoms with Gasteiger partial charge in [-0.2, -0.15) is 0 Å². The van der Waals surface area contributed by atoms with Gasteiger partial charge in [-0.15, -0.1) is 0 Å². The average molecular weight is 496 g/mol. The second-order valence-electron chi connectivity index (χ2n) is 8.71. The molecule has 0 aliphatic heterocycles. The minimum Gasteiger partial charge on any atom is -0.208 e. The molecule has 0 fully saturated rings. The Morgan fingerprint density at radius 1 is 0.324 bits per heavy atom. The molecule has 0 amide bonds. The highest BCUT2D eigenvalue weighted by Crippen LogP contribution is 2.29. The van der Waals surface area contributed by atoms with E-state index >= 15 is 0 Å². The number of aromatic nitrogens is 3. The topological polar surface area (TPSA) is 38.7 Å². The third-order valence-electron chi connectivity index (χ3n) is 6.20. The summed E-state index contributed by atoms with van der Waals surface area (Å²) in [6, 6.07) is 44.8. The highest BCUT2D eigenvalue weighted by molar-refractivity contribution is 6.30. The van der Waals surface area contributed by atoms with Gasteiger partial charge in [-0.25, -0.2) is 15.0 Å². The molecule has 37 heavy (non-hydrogen) atoms. The highest BCUT2D eigenvalue weighted by atomic mass is 35.5. The smallest absolute Gasteiger partial charge is 0.164 e. The maximum atomic E-state index is 6.20. The summed E-state index contributed by atoms with van der Waals surface area (Å²) in [4.78, 5) is 14.6. The molecule has 0 spiro atoms. The average Bonchev–Trinajstić information content (AvgIpc) is 2.98. The van der Waals surface area contributed by atoms with Crippen LogP contribution in [0, 0.1) is 0 Å². The van der Waals surface area contributed by atoms with Crippen molar-refractivity contribution in [2.24, 2.45) is 0 Å². The van der Waals surface area contributed by atoms with E-state index in [-0.39, 0.29) is 0 Å². The maximum absolute atomic E-state index is 6.20. The molecular weight excluding hydrogens is 474 g/mol. The Balaban J connectivity index is 1.44. The summed E-state index contributed by atoms with van der Waals surface area (Å²) in [6.07, 6.45) is 0. The minimum atomic E-state index is 0.631. The molecule has 5 aromatic carbocycles. The summed E-state index contributed by atoms with van der Waals surface area (Å²) in [6.45, 7) is 0. The van der Waals surface area contributed by atoms with Crippen molar-refractivity contribution in [3.8, 4) is 56.4 Å². The lowest BCUT2D eigenvalue weighted by atomic mass is 10.0. The Kier molecular flexibility index (Phi) is 6.28. The first-order valence-corrected chi connectivity index (χ1v) is 12.4. The predicted octanol–water partition coefficient (Wildman–Crippen LogP) is 8.86. The summed E-state index contributed by atoms with van der Waals surface area (Å²) >= 11 is 6.20. The molecule has 1 aromatic heterocycles. The Morgan fingerprint density at radius 2 is 0.730 bits per heavy atom. The van der Waals surface area contributed by atoms with Crippen molar-refractivity contribution in [2.75, 3.05) is 0 Å². The summed E-state index contributed by atoms with van der Waals surface area (Å²) in [5, 5.41) is 0.717. The zero-order chi connectivity index (χ0) is 25.0. The van der Waals surface area contributed by atoms with Crippen LogP contribution >= 0.6 is 11.6 Å². The first kappa shape index (κ1) is 22.8. The van der Waals surface area contributed by atoms with Crippen LogP contribution in [0.4, 0.5) is 0 Å². The molecule has 0 unspecified atom stereocenters. The fourth-order valence-corrected chi connectivity index (χ4v) is 4.49. The van der Waals surface area contributed by atoms with Crippen molar-refractivity contribution < 1.29 is 0 Å². The van der Waals surface area contributed by atoms with Gasteiger partial charge in [-0.3, -0.25) is 0 Å². The van der Waals surface area contributed by atoms with Crippen LogP contribution in [0.1, 0.15) is 0 Å². The molecule has 3 nitrogen and oxygen atoms in total. The van der Waals surface area contributed by atoms with E-state index in [1.165, 1.54) is 0 Å². The summed E-state index contributed by atoms with van der Waals surface area (Å²) in [5.41, 5.74) is 7.23. The largest absolute Gasteiger partial charge is 0.208 e. The van der Waals surface area contributed by atoms with Crippen LogP contribution in [0.5, 0.6) is 0 Å². The van der Waals surface area contributed by atoms with Crippen LogP contribution in [0.25, 0.3) is 56.4 Å². The molecular formula is C33H22ClN3. The van der Waals surface area contributed by atoms with Crippen molar-refractivity contribution in [3.63, 3.8) is 0 Å². The van der Waals surface area contributed by atoms with Crippen LogP contribution in [-0.4, -0.2) is 15.0 Å². The lowest BCUT2D eigenvalue weighted by molar-refractivity contribution is 1.07. The van der Waals surface area contributed by atoms with E-state index in [0.717, 1.165) is 38.9 Å². The van der Waals surface area contributed by atoms with E-state index in [9.17, 15) is 0 Å². The van der Waals surface area contributed by atoms with E-state index in [1.54, 1.807) is 0 Å². The van der Waals surface area contributed by atoms with Gasteiger partial charge >= 0.3 is 0 Å². The molecule has 0 atom stereocenters. The molecule has 176 valence electrons. The molecule has 0 saturated heterocycles. The standard InChI is InChI=1S/C33H22ClN3/c34-30-16-8-14-28(22-30)24-17-19-26(20-18-24)32-35-31(25-11-5-2-6-12-25)36-33(37-32)29-15-7-13-27(21-29)23-9-3-1-4-10-23/h1-22H. The Labute approximate surface area is 221 Å². The zero-order valence-corrected chi connectivity index (χ0v) is 20.7. The number of hydrogen-bond acceptors (Lipinski definition) is 3. The first-order chi connectivity index (χ1) is 18.2. The van der Waals surface area contributed by atoms with Crippen LogP contribution in [-0.2, 0) is 0 Å². The molecule has 0 aliphatic carbocycles. The van der Waals surface area contributed by atoms with E-state index in [0.29, 0.717) is 22.5 Å². The van der Waals surface area contributed by atoms with Gasteiger partial charge in [0.25, 0.3) is 0 Å². The van der Waals surface area contributed by atoms with Crippen molar-refractivity contribution in [1.29, 1.82) is 0 Å². The van der Waals surface area contributed by atoms with E-state index in [2.05, 4.69) is 42.5 Å². The van der Waals surface area contributed by atoms with Gasteiger partial charge in [0.15, 0.2) is 17.5 Å². The monoisotopic (exact) mass is 495 g/mol. The molecule has 0 radical (unpaired) electrons. The molecule has 0 aliphatic rings. The quantitative estimate of drug-likeness (QED) is 0.240. The van der Waals surface area contributed by atoms with Crippen LogP contribution in [0.2, 0.25) is 5.02 Å². The Hall–Kier alpha value is -4.60. The van der Waals surface area contributed by atoms with Crippen molar-refractivity contribution >= 4 is 11.6 Å². The van der Waals surface area contributed by atoms with E-state index in [4.69, 9.17) is 26.6 Å². The Bertz CT molecular complexity index is 1660. The van der Waals surface area contributed by atoms with Gasteiger partial charge in [0.05, 0.1) is 0 Å². The van der Waals surface area contributed by atoms with Gasteiger partial charge in [0.1, 0.15) is 0 Å². The van der Waals surface area contributed by atoms with Gasteiger partial charge < -0.3 is 0 Å². The third kappa shape index (κ3) is 5.04. The van der Waals surface area contributed by atoms with Crippen molar-refractivity contribution in [1.82, 2.24) is 15.0 Å². The van der Waals surface area contributed by atoms with Crippen molar-refractivity contribution in [2.45, 2.75) is 0 Å². The fraction of sp³-hybridized carbons (Fsp3) is 0. The molecule has 1 heterocycles. The highest BCUT2D eigenvalue weighted by Gasteiger charge is 2.13. The summed E-state index contributed by atoms with van der Waals surface area (Å²) in [5.74, 6) is 1.91. The molecule has 0 saturated carbocycles. The zero-order valence-electron chi connectivity index (χ0n) is 19.9. The summed E-state index contributed by atoms with van der Waals surface area (Å²) < 4.78 is 0. The molecule has 0 N–H and O–H groups in total. The number of nitrogens with zero attached hydrogens (tertiary/aromatic N) is 3. The molecule has 6 rings (SSSR count). The molecule has 6 aromatic rings. The lowest BCUT2D eigenvalue weighted by Crippen LogP contribution is -2.00. The van der Waals surface area contributed by atoms with Gasteiger partial charge in [0, 0.05) is 21.7 Å². The van der Waals surface area contributed by atoms with E-state index in [1.807, 2.05) is 91.0 Å². The minimum absolute atomic E-state index is 0.631. The summed E-state index contributed by atoms with van der Waals surface area (Å²) in [7, 11) is 0. The fourth-order valence-electron chi connectivity index (χ4n) is 4.30. The van der Waals surface area contributed by atoms with Crippen LogP contribution < -0.4 is 0 Å². The third-order valence-corrected chi connectivity index (χ3v) is 6.43. The van der Waals surface area contributed by atoms with Crippen molar-refractivity contribution in [3.05, 3.63) is 138 Å². The SMILES string of the molecule is Clc1cccc(-c2ccc(-c3nc(-c4ccccc4)nc(-c4cccc(-c5ccccc5)c4)n3)cc2)c1. The van der Waals surface area contributed by atoms with Gasteiger partial charge in [-0.05, 0) is 40.5 Å². The van der Waals surface area contributed by atoms with E-state index < -0.39 is 0 Å². The Morgan fingerprint density at radius 3 is 1.35 bits per heavy atom. The first-order valence-electron chi connectivity index (χ1n) is 12.1. The van der Waals surface area contributed by atoms with Gasteiger partial charge in [0.2, 0.25) is 0 Å². The maximum Gasteiger partial charge on any atom is 0.164 e. The predicted molar refractivity (Wildman–Crippen MR) is 152 cm³/mol. The number of rotatable bonds is 5. The lowest BCUT2D eigenvalue weighted by Gasteiger charge is -2.10. The van der Waals surface area contributed by atoms with Crippen LogP contribution in [0.3, 0.4) is 0 Å². The second-order valence-corrected chi connectivity index (χ2v) is 9.14.